The van der Waals surface area contributed by atoms with E-state index in [9.17, 15) is 0 Å². The monoisotopic (exact) mass is 229 g/mol. The lowest BCUT2D eigenvalue weighted by Gasteiger charge is -2.05. The highest BCUT2D eigenvalue weighted by Crippen LogP contribution is 2.14. The van der Waals surface area contributed by atoms with Crippen molar-refractivity contribution >= 4 is 0 Å². The number of allylic oxidation sites excluding steroid dienone is 3. The molecule has 0 aromatic heterocycles. The molecule has 0 spiro atoms. The summed E-state index contributed by atoms with van der Waals surface area (Å²) in [6.07, 6.45) is 11.2. The van der Waals surface area contributed by atoms with Gasteiger partial charge in [-0.15, -0.1) is 0 Å². The summed E-state index contributed by atoms with van der Waals surface area (Å²) in [5, 5.41) is 0. The third-order valence-electron chi connectivity index (χ3n) is 2.41. The van der Waals surface area contributed by atoms with E-state index in [-0.39, 0.29) is 0 Å². The zero-order valence-electron chi connectivity index (χ0n) is 10.6. The summed E-state index contributed by atoms with van der Waals surface area (Å²) in [7, 11) is 0. The van der Waals surface area contributed by atoms with Crippen molar-refractivity contribution in [1.29, 1.82) is 0 Å². The predicted molar refractivity (Wildman–Crippen MR) is 74.2 cm³/mol. The van der Waals surface area contributed by atoms with E-state index >= 15 is 0 Å². The number of hydrogen-bond acceptors (Lipinski definition) is 1. The SMILES string of the molecule is [CH2]C=CCCc1cccc(OCC=CCC)c1. The molecule has 1 rings (SSSR count). The molecule has 0 aliphatic carbocycles. The predicted octanol–water partition coefficient (Wildman–Crippen LogP) is 4.35. The van der Waals surface area contributed by atoms with E-state index in [0.29, 0.717) is 6.61 Å². The molecule has 0 saturated carbocycles. The first-order chi connectivity index (χ1) is 8.36. The van der Waals surface area contributed by atoms with Crippen molar-refractivity contribution < 1.29 is 4.74 Å². The molecule has 91 valence electrons. The number of aryl methyl sites for hydroxylation is 1. The van der Waals surface area contributed by atoms with Gasteiger partial charge in [-0.25, -0.2) is 0 Å². The standard InChI is InChI=1S/C16H21O/c1-3-5-7-10-15-11-9-12-16(14-15)17-13-8-6-4-2/h3,5-6,8-9,11-12,14H,1,4,7,10,13H2,2H3. The summed E-state index contributed by atoms with van der Waals surface area (Å²) in [6, 6.07) is 8.28. The highest BCUT2D eigenvalue weighted by Gasteiger charge is 1.95. The average molecular weight is 229 g/mol. The molecular weight excluding hydrogens is 208 g/mol. The van der Waals surface area contributed by atoms with Gasteiger partial charge in [0.15, 0.2) is 0 Å². The molecule has 1 heteroatoms. The van der Waals surface area contributed by atoms with Crippen LogP contribution in [0.4, 0.5) is 0 Å². The minimum Gasteiger partial charge on any atom is -0.490 e. The Bertz CT molecular complexity index is 364. The summed E-state index contributed by atoms with van der Waals surface area (Å²) < 4.78 is 5.64. The second-order valence-electron chi connectivity index (χ2n) is 3.85. The van der Waals surface area contributed by atoms with E-state index in [1.54, 1.807) is 0 Å². The van der Waals surface area contributed by atoms with Crippen molar-refractivity contribution in [2.75, 3.05) is 6.61 Å². The molecule has 1 nitrogen and oxygen atoms in total. The molecule has 0 aliphatic heterocycles. The van der Waals surface area contributed by atoms with Crippen molar-refractivity contribution in [3.8, 4) is 5.75 Å². The molecule has 0 amide bonds. The van der Waals surface area contributed by atoms with Crippen LogP contribution in [0.25, 0.3) is 0 Å². The van der Waals surface area contributed by atoms with Crippen molar-refractivity contribution in [3.05, 3.63) is 61.1 Å². The molecule has 1 aromatic rings. The van der Waals surface area contributed by atoms with Gasteiger partial charge in [0.05, 0.1) is 0 Å². The summed E-state index contributed by atoms with van der Waals surface area (Å²) in [5.41, 5.74) is 1.31. The van der Waals surface area contributed by atoms with Gasteiger partial charge in [0.25, 0.3) is 0 Å². The quantitative estimate of drug-likeness (QED) is 0.631. The number of hydrogen-bond donors (Lipinski definition) is 0. The minimum atomic E-state index is 0.649. The molecule has 0 atom stereocenters. The highest BCUT2D eigenvalue weighted by atomic mass is 16.5. The molecule has 0 heterocycles. The number of benzene rings is 1. The Hall–Kier alpha value is -1.50. The van der Waals surface area contributed by atoms with Gasteiger partial charge in [-0.05, 0) is 43.9 Å². The van der Waals surface area contributed by atoms with Crippen LogP contribution in [-0.2, 0) is 6.42 Å². The van der Waals surface area contributed by atoms with Gasteiger partial charge in [-0.1, -0.05) is 43.4 Å². The van der Waals surface area contributed by atoms with Gasteiger partial charge >= 0.3 is 0 Å². The molecule has 17 heavy (non-hydrogen) atoms. The maximum atomic E-state index is 5.64. The van der Waals surface area contributed by atoms with Crippen LogP contribution in [0.1, 0.15) is 25.3 Å². The summed E-state index contributed by atoms with van der Waals surface area (Å²) in [4.78, 5) is 0. The Kier molecular flexibility index (Phi) is 6.89. The van der Waals surface area contributed by atoms with Gasteiger partial charge in [0.2, 0.25) is 0 Å². The molecule has 1 aromatic carbocycles. The van der Waals surface area contributed by atoms with E-state index in [4.69, 9.17) is 4.74 Å². The second kappa shape index (κ2) is 8.63. The lowest BCUT2D eigenvalue weighted by molar-refractivity contribution is 0.362. The summed E-state index contributed by atoms with van der Waals surface area (Å²) in [5.74, 6) is 0.946. The molecule has 0 fully saturated rings. The zero-order valence-corrected chi connectivity index (χ0v) is 10.6. The van der Waals surface area contributed by atoms with Crippen molar-refractivity contribution in [2.24, 2.45) is 0 Å². The Morgan fingerprint density at radius 1 is 1.24 bits per heavy atom. The lowest BCUT2D eigenvalue weighted by Crippen LogP contribution is -1.94. The summed E-state index contributed by atoms with van der Waals surface area (Å²) >= 11 is 0. The number of rotatable bonds is 7. The maximum absolute atomic E-state index is 5.64. The fourth-order valence-electron chi connectivity index (χ4n) is 1.54. The average Bonchev–Trinajstić information content (AvgIpc) is 2.36. The van der Waals surface area contributed by atoms with Crippen molar-refractivity contribution in [1.82, 2.24) is 0 Å². The van der Waals surface area contributed by atoms with Gasteiger partial charge in [0, 0.05) is 0 Å². The number of ether oxygens (including phenoxy) is 1. The first-order valence-electron chi connectivity index (χ1n) is 6.17. The van der Waals surface area contributed by atoms with E-state index in [1.165, 1.54) is 5.56 Å². The van der Waals surface area contributed by atoms with Crippen LogP contribution in [0.3, 0.4) is 0 Å². The van der Waals surface area contributed by atoms with E-state index in [2.05, 4.69) is 44.2 Å². The van der Waals surface area contributed by atoms with E-state index in [0.717, 1.165) is 25.0 Å². The Labute approximate surface area is 105 Å². The molecule has 0 bridgehead atoms. The van der Waals surface area contributed by atoms with Gasteiger partial charge in [0.1, 0.15) is 12.4 Å². The van der Waals surface area contributed by atoms with Crippen LogP contribution in [0.2, 0.25) is 0 Å². The molecular formula is C16H21O. The Morgan fingerprint density at radius 2 is 2.12 bits per heavy atom. The van der Waals surface area contributed by atoms with Crippen LogP contribution in [0, 0.1) is 6.92 Å². The fourth-order valence-corrected chi connectivity index (χ4v) is 1.54. The van der Waals surface area contributed by atoms with Gasteiger partial charge < -0.3 is 4.74 Å². The van der Waals surface area contributed by atoms with Crippen molar-refractivity contribution in [2.45, 2.75) is 26.2 Å². The van der Waals surface area contributed by atoms with Gasteiger partial charge in [-0.3, -0.25) is 0 Å². The largest absolute Gasteiger partial charge is 0.490 e. The first-order valence-corrected chi connectivity index (χ1v) is 6.17. The molecule has 0 saturated heterocycles. The molecule has 0 N–H and O–H groups in total. The van der Waals surface area contributed by atoms with Crippen LogP contribution in [-0.4, -0.2) is 6.61 Å². The van der Waals surface area contributed by atoms with Crippen LogP contribution >= 0.6 is 0 Å². The molecule has 0 aliphatic rings. The van der Waals surface area contributed by atoms with Crippen LogP contribution in [0.15, 0.2) is 48.6 Å². The first kappa shape index (κ1) is 13.6. The van der Waals surface area contributed by atoms with Crippen LogP contribution in [0.5, 0.6) is 5.75 Å². The third kappa shape index (κ3) is 5.96. The van der Waals surface area contributed by atoms with E-state index < -0.39 is 0 Å². The van der Waals surface area contributed by atoms with Gasteiger partial charge in [-0.2, -0.15) is 0 Å². The zero-order chi connectivity index (χ0) is 12.3. The minimum absolute atomic E-state index is 0.649. The second-order valence-corrected chi connectivity index (χ2v) is 3.85. The normalized spacial score (nSPS) is 11.4. The third-order valence-corrected chi connectivity index (χ3v) is 2.41. The Balaban J connectivity index is 2.44. The van der Waals surface area contributed by atoms with Crippen molar-refractivity contribution in [3.63, 3.8) is 0 Å². The summed E-state index contributed by atoms with van der Waals surface area (Å²) in [6.45, 7) is 6.45. The molecule has 1 radical (unpaired) electrons. The topological polar surface area (TPSA) is 9.23 Å². The maximum Gasteiger partial charge on any atom is 0.120 e. The highest BCUT2D eigenvalue weighted by molar-refractivity contribution is 5.29. The lowest BCUT2D eigenvalue weighted by atomic mass is 10.1. The smallest absolute Gasteiger partial charge is 0.120 e. The van der Waals surface area contributed by atoms with Crippen LogP contribution < -0.4 is 4.74 Å². The van der Waals surface area contributed by atoms with E-state index in [1.807, 2.05) is 18.2 Å². The fraction of sp³-hybridized carbons (Fsp3) is 0.312. The Morgan fingerprint density at radius 3 is 2.88 bits per heavy atom. The molecule has 0 unspecified atom stereocenters.